The largest absolute Gasteiger partial charge is 0.271 e. The van der Waals surface area contributed by atoms with Gasteiger partial charge < -0.3 is 0 Å². The van der Waals surface area contributed by atoms with Gasteiger partial charge in [-0.2, -0.15) is 0 Å². The second kappa shape index (κ2) is 5.80. The molecule has 96 valence electrons. The third-order valence-electron chi connectivity index (χ3n) is 2.86. The van der Waals surface area contributed by atoms with Crippen molar-refractivity contribution in [2.45, 2.75) is 19.4 Å². The van der Waals surface area contributed by atoms with Gasteiger partial charge in [-0.3, -0.25) is 5.84 Å². The van der Waals surface area contributed by atoms with Crippen molar-refractivity contribution in [3.8, 4) is 0 Å². The molecule has 1 aromatic carbocycles. The van der Waals surface area contributed by atoms with E-state index < -0.39 is 0 Å². The van der Waals surface area contributed by atoms with E-state index in [4.69, 9.17) is 17.4 Å². The number of halogens is 2. The van der Waals surface area contributed by atoms with Crippen LogP contribution in [-0.4, -0.2) is 0 Å². The summed E-state index contributed by atoms with van der Waals surface area (Å²) in [7, 11) is 0. The normalized spacial score (nSPS) is 12.7. The maximum atomic E-state index is 13.3. The molecule has 1 unspecified atom stereocenters. The fourth-order valence-electron chi connectivity index (χ4n) is 1.94. The van der Waals surface area contributed by atoms with E-state index in [0.29, 0.717) is 10.6 Å². The lowest BCUT2D eigenvalue weighted by molar-refractivity contribution is 0.607. The van der Waals surface area contributed by atoms with Gasteiger partial charge in [0.2, 0.25) is 0 Å². The first-order chi connectivity index (χ1) is 8.67. The van der Waals surface area contributed by atoms with Crippen molar-refractivity contribution in [2.75, 3.05) is 0 Å². The van der Waals surface area contributed by atoms with Crippen LogP contribution in [0.4, 0.5) is 4.39 Å². The third-order valence-corrected chi connectivity index (χ3v) is 4.23. The molecule has 5 heteroatoms. The molecule has 0 saturated heterocycles. The Kier molecular flexibility index (Phi) is 4.35. The average molecular weight is 285 g/mol. The molecular weight excluding hydrogens is 271 g/mol. The van der Waals surface area contributed by atoms with Gasteiger partial charge in [0.1, 0.15) is 5.82 Å². The molecule has 2 rings (SSSR count). The Morgan fingerprint density at radius 3 is 2.89 bits per heavy atom. The zero-order valence-corrected chi connectivity index (χ0v) is 11.5. The summed E-state index contributed by atoms with van der Waals surface area (Å²) in [4.78, 5) is 1.08. The van der Waals surface area contributed by atoms with Crippen molar-refractivity contribution >= 4 is 22.9 Å². The van der Waals surface area contributed by atoms with Crippen LogP contribution in [-0.2, 0) is 6.42 Å². The Balaban J connectivity index is 2.48. The van der Waals surface area contributed by atoms with Crippen LogP contribution in [0, 0.1) is 5.82 Å². The number of thiophene rings is 1. The number of benzene rings is 1. The number of hydrogen-bond donors (Lipinski definition) is 2. The van der Waals surface area contributed by atoms with Gasteiger partial charge in [-0.15, -0.1) is 11.3 Å². The van der Waals surface area contributed by atoms with E-state index in [0.717, 1.165) is 11.3 Å². The molecule has 0 bridgehead atoms. The van der Waals surface area contributed by atoms with Crippen molar-refractivity contribution in [2.24, 2.45) is 5.84 Å². The van der Waals surface area contributed by atoms with Crippen LogP contribution in [0.1, 0.15) is 29.0 Å². The summed E-state index contributed by atoms with van der Waals surface area (Å²) in [6.45, 7) is 2.08. The fourth-order valence-corrected chi connectivity index (χ4v) is 3.24. The first-order valence-corrected chi connectivity index (χ1v) is 6.90. The minimum atomic E-state index is -0.316. The van der Waals surface area contributed by atoms with Crippen LogP contribution in [0.25, 0.3) is 0 Å². The molecule has 0 radical (unpaired) electrons. The van der Waals surface area contributed by atoms with Gasteiger partial charge in [0, 0.05) is 9.90 Å². The summed E-state index contributed by atoms with van der Waals surface area (Å²) in [6.07, 6.45) is 0.907. The first kappa shape index (κ1) is 13.5. The summed E-state index contributed by atoms with van der Waals surface area (Å²) in [5.41, 5.74) is 4.58. The summed E-state index contributed by atoms with van der Waals surface area (Å²) in [5, 5.41) is 2.51. The van der Waals surface area contributed by atoms with E-state index in [-0.39, 0.29) is 11.9 Å². The smallest absolute Gasteiger partial charge is 0.123 e. The Labute approximate surface area is 115 Å². The third kappa shape index (κ3) is 2.57. The maximum absolute atomic E-state index is 13.3. The average Bonchev–Trinajstić information content (AvgIpc) is 2.83. The number of nitrogens with two attached hydrogens (primary N) is 1. The first-order valence-electron chi connectivity index (χ1n) is 5.64. The molecule has 0 spiro atoms. The van der Waals surface area contributed by atoms with E-state index >= 15 is 0 Å². The number of aryl methyl sites for hydroxylation is 1. The second-order valence-corrected chi connectivity index (χ2v) is 5.28. The molecule has 0 amide bonds. The minimum Gasteiger partial charge on any atom is -0.271 e. The summed E-state index contributed by atoms with van der Waals surface area (Å²) in [5.74, 6) is 5.30. The SMILES string of the molecule is CCc1ccsc1C(NN)c1cc(F)ccc1Cl. The number of nitrogens with one attached hydrogen (secondary N) is 1. The molecule has 2 aromatic rings. The van der Waals surface area contributed by atoms with E-state index in [1.165, 1.54) is 17.7 Å². The number of hydrogen-bond acceptors (Lipinski definition) is 3. The van der Waals surface area contributed by atoms with Crippen molar-refractivity contribution < 1.29 is 4.39 Å². The highest BCUT2D eigenvalue weighted by Crippen LogP contribution is 2.33. The van der Waals surface area contributed by atoms with Crippen LogP contribution >= 0.6 is 22.9 Å². The summed E-state index contributed by atoms with van der Waals surface area (Å²) in [6, 6.07) is 6.09. The molecule has 3 N–H and O–H groups in total. The van der Waals surface area contributed by atoms with Crippen molar-refractivity contribution in [1.29, 1.82) is 0 Å². The predicted molar refractivity (Wildman–Crippen MR) is 74.3 cm³/mol. The standard InChI is InChI=1S/C13H14ClFN2S/c1-2-8-5-6-18-13(8)12(17-16)10-7-9(15)3-4-11(10)14/h3-7,12,17H,2,16H2,1H3. The topological polar surface area (TPSA) is 38.0 Å². The molecule has 18 heavy (non-hydrogen) atoms. The molecule has 0 saturated carbocycles. The van der Waals surface area contributed by atoms with Crippen LogP contribution in [0.3, 0.4) is 0 Å². The Bertz CT molecular complexity index is 542. The summed E-state index contributed by atoms with van der Waals surface area (Å²) < 4.78 is 13.3. The Hall–Kier alpha value is -0.940. The molecule has 1 heterocycles. The van der Waals surface area contributed by atoms with E-state index in [9.17, 15) is 4.39 Å². The highest BCUT2D eigenvalue weighted by atomic mass is 35.5. The molecule has 0 aliphatic heterocycles. The lowest BCUT2D eigenvalue weighted by Gasteiger charge is -2.18. The van der Waals surface area contributed by atoms with Gasteiger partial charge in [-0.05, 0) is 47.2 Å². The van der Waals surface area contributed by atoms with Crippen molar-refractivity contribution in [3.63, 3.8) is 0 Å². The van der Waals surface area contributed by atoms with Crippen molar-refractivity contribution in [3.05, 3.63) is 56.5 Å². The van der Waals surface area contributed by atoms with Crippen LogP contribution in [0.5, 0.6) is 0 Å². The number of rotatable bonds is 4. The maximum Gasteiger partial charge on any atom is 0.123 e. The highest BCUT2D eigenvalue weighted by Gasteiger charge is 2.20. The van der Waals surface area contributed by atoms with Crippen LogP contribution in [0.2, 0.25) is 5.02 Å². The predicted octanol–water partition coefficient (Wildman–Crippen LogP) is 3.66. The molecule has 1 aromatic heterocycles. The molecule has 0 fully saturated rings. The van der Waals surface area contributed by atoms with Gasteiger partial charge in [0.15, 0.2) is 0 Å². The molecule has 2 nitrogen and oxygen atoms in total. The van der Waals surface area contributed by atoms with E-state index in [2.05, 4.69) is 18.4 Å². The van der Waals surface area contributed by atoms with E-state index in [1.807, 2.05) is 5.38 Å². The van der Waals surface area contributed by atoms with Gasteiger partial charge in [-0.25, -0.2) is 9.82 Å². The molecular formula is C13H14ClFN2S. The van der Waals surface area contributed by atoms with E-state index in [1.54, 1.807) is 17.4 Å². The van der Waals surface area contributed by atoms with Gasteiger partial charge in [-0.1, -0.05) is 18.5 Å². The lowest BCUT2D eigenvalue weighted by Crippen LogP contribution is -2.29. The van der Waals surface area contributed by atoms with Gasteiger partial charge in [0.25, 0.3) is 0 Å². The fraction of sp³-hybridized carbons (Fsp3) is 0.231. The van der Waals surface area contributed by atoms with Crippen LogP contribution < -0.4 is 11.3 Å². The molecule has 0 aliphatic carbocycles. The summed E-state index contributed by atoms with van der Waals surface area (Å²) >= 11 is 7.72. The molecule has 1 atom stereocenters. The van der Waals surface area contributed by atoms with Crippen molar-refractivity contribution in [1.82, 2.24) is 5.43 Å². The monoisotopic (exact) mass is 284 g/mol. The highest BCUT2D eigenvalue weighted by molar-refractivity contribution is 7.10. The minimum absolute atomic E-state index is 0.275. The number of hydrazine groups is 1. The lowest BCUT2D eigenvalue weighted by atomic mass is 10.0. The Morgan fingerprint density at radius 1 is 1.44 bits per heavy atom. The zero-order valence-electron chi connectivity index (χ0n) is 9.91. The van der Waals surface area contributed by atoms with Crippen LogP contribution in [0.15, 0.2) is 29.6 Å². The Morgan fingerprint density at radius 2 is 2.22 bits per heavy atom. The zero-order chi connectivity index (χ0) is 13.1. The van der Waals surface area contributed by atoms with Gasteiger partial charge >= 0.3 is 0 Å². The quantitative estimate of drug-likeness (QED) is 0.664. The molecule has 0 aliphatic rings. The van der Waals surface area contributed by atoms with Gasteiger partial charge in [0.05, 0.1) is 6.04 Å². The second-order valence-electron chi connectivity index (χ2n) is 3.93.